The Labute approximate surface area is 86.0 Å². The van der Waals surface area contributed by atoms with Crippen molar-refractivity contribution in [1.82, 2.24) is 9.55 Å². The maximum Gasteiger partial charge on any atom is 0.166 e. The van der Waals surface area contributed by atoms with Gasteiger partial charge in [0.15, 0.2) is 6.29 Å². The molecule has 0 aliphatic carbocycles. The van der Waals surface area contributed by atoms with E-state index < -0.39 is 0 Å². The fraction of sp³-hybridized carbons (Fsp3) is 0.200. The topological polar surface area (TPSA) is 34.9 Å². The average molecular weight is 206 g/mol. The minimum atomic E-state index is 0.706. The fourth-order valence-electron chi connectivity index (χ4n) is 1.31. The molecule has 2 aromatic heterocycles. The fourth-order valence-corrected chi connectivity index (χ4v) is 2.09. The quantitative estimate of drug-likeness (QED) is 0.721. The molecule has 0 spiro atoms. The smallest absolute Gasteiger partial charge is 0.166 e. The van der Waals surface area contributed by atoms with Gasteiger partial charge < -0.3 is 4.57 Å². The van der Waals surface area contributed by atoms with Gasteiger partial charge in [-0.25, -0.2) is 4.98 Å². The van der Waals surface area contributed by atoms with Gasteiger partial charge in [-0.05, 0) is 19.1 Å². The van der Waals surface area contributed by atoms with Crippen LogP contribution < -0.4 is 0 Å². The van der Waals surface area contributed by atoms with Crippen molar-refractivity contribution in [2.24, 2.45) is 0 Å². The third-order valence-corrected chi connectivity index (χ3v) is 3.06. The third-order valence-electron chi connectivity index (χ3n) is 2.14. The summed E-state index contributed by atoms with van der Waals surface area (Å²) in [6.45, 7) is 2.72. The molecule has 0 aliphatic heterocycles. The first-order valence-electron chi connectivity index (χ1n) is 4.30. The molecule has 2 rings (SSSR count). The molecule has 0 amide bonds. The van der Waals surface area contributed by atoms with Crippen LogP contribution in [0, 0.1) is 6.92 Å². The summed E-state index contributed by atoms with van der Waals surface area (Å²) in [4.78, 5) is 16.0. The molecule has 0 aromatic carbocycles. The number of carbonyl (C=O) groups excluding carboxylic acids is 1. The Kier molecular flexibility index (Phi) is 2.45. The zero-order valence-electron chi connectivity index (χ0n) is 7.80. The highest BCUT2D eigenvalue weighted by Gasteiger charge is 2.04. The Bertz CT molecular complexity index is 444. The van der Waals surface area contributed by atoms with E-state index in [0.717, 1.165) is 18.5 Å². The van der Waals surface area contributed by atoms with Crippen LogP contribution in [0.5, 0.6) is 0 Å². The molecule has 0 saturated carbocycles. The summed E-state index contributed by atoms with van der Waals surface area (Å²) in [6.07, 6.45) is 2.78. The molecule has 0 radical (unpaired) electrons. The summed E-state index contributed by atoms with van der Waals surface area (Å²) in [6, 6.07) is 3.68. The first-order valence-corrected chi connectivity index (χ1v) is 5.18. The van der Waals surface area contributed by atoms with Crippen LogP contribution in [-0.4, -0.2) is 15.8 Å². The number of hydrogen-bond donors (Lipinski definition) is 0. The van der Waals surface area contributed by atoms with Crippen molar-refractivity contribution < 1.29 is 4.79 Å². The first kappa shape index (κ1) is 9.15. The van der Waals surface area contributed by atoms with Gasteiger partial charge in [-0.15, -0.1) is 11.3 Å². The van der Waals surface area contributed by atoms with Crippen molar-refractivity contribution in [3.8, 4) is 0 Å². The van der Waals surface area contributed by atoms with Crippen LogP contribution >= 0.6 is 11.3 Å². The van der Waals surface area contributed by atoms with Gasteiger partial charge in [-0.1, -0.05) is 0 Å². The Morgan fingerprint density at radius 2 is 2.50 bits per heavy atom. The molecule has 4 heteroatoms. The van der Waals surface area contributed by atoms with Crippen molar-refractivity contribution in [3.05, 3.63) is 40.1 Å². The first-order chi connectivity index (χ1) is 6.81. The number of aromatic nitrogens is 2. The van der Waals surface area contributed by atoms with E-state index in [-0.39, 0.29) is 0 Å². The number of thiazole rings is 1. The van der Waals surface area contributed by atoms with Gasteiger partial charge >= 0.3 is 0 Å². The van der Waals surface area contributed by atoms with E-state index in [0.29, 0.717) is 5.69 Å². The Morgan fingerprint density at radius 3 is 3.14 bits per heavy atom. The van der Waals surface area contributed by atoms with Crippen LogP contribution in [0.15, 0.2) is 23.8 Å². The van der Waals surface area contributed by atoms with E-state index in [1.165, 1.54) is 4.88 Å². The van der Waals surface area contributed by atoms with Gasteiger partial charge in [-0.2, -0.15) is 0 Å². The van der Waals surface area contributed by atoms with Crippen LogP contribution in [0.1, 0.15) is 21.1 Å². The zero-order chi connectivity index (χ0) is 9.97. The van der Waals surface area contributed by atoms with E-state index in [9.17, 15) is 4.79 Å². The molecule has 14 heavy (non-hydrogen) atoms. The minimum absolute atomic E-state index is 0.706. The van der Waals surface area contributed by atoms with Gasteiger partial charge in [0, 0.05) is 11.1 Å². The molecule has 3 nitrogen and oxygen atoms in total. The maximum atomic E-state index is 10.7. The van der Waals surface area contributed by atoms with Gasteiger partial charge in [0.2, 0.25) is 0 Å². The summed E-state index contributed by atoms with van der Waals surface area (Å²) in [7, 11) is 0. The number of aldehydes is 1. The largest absolute Gasteiger partial charge is 0.340 e. The number of hydrogen-bond acceptors (Lipinski definition) is 3. The van der Waals surface area contributed by atoms with Crippen molar-refractivity contribution in [2.45, 2.75) is 13.5 Å². The second-order valence-electron chi connectivity index (χ2n) is 3.04. The Balaban J connectivity index is 2.27. The molecule has 0 N–H and O–H groups in total. The molecule has 0 unspecified atom stereocenters. The molecular formula is C10H10N2OS. The van der Waals surface area contributed by atoms with Crippen LogP contribution in [0.2, 0.25) is 0 Å². The standard InChI is InChI=1S/C10H10N2OS/c1-8-10(14-7-11-8)5-12-4-2-3-9(12)6-13/h2-4,6-7H,5H2,1H3. The van der Waals surface area contributed by atoms with Crippen LogP contribution in [0.3, 0.4) is 0 Å². The van der Waals surface area contributed by atoms with Crippen molar-refractivity contribution in [3.63, 3.8) is 0 Å². The van der Waals surface area contributed by atoms with Gasteiger partial charge in [0.1, 0.15) is 0 Å². The van der Waals surface area contributed by atoms with Gasteiger partial charge in [0.25, 0.3) is 0 Å². The highest BCUT2D eigenvalue weighted by atomic mass is 32.1. The number of aryl methyl sites for hydroxylation is 1. The molecule has 2 heterocycles. The van der Waals surface area contributed by atoms with E-state index in [1.807, 2.05) is 35.3 Å². The summed E-state index contributed by atoms with van der Waals surface area (Å²) < 4.78 is 1.92. The van der Waals surface area contributed by atoms with E-state index >= 15 is 0 Å². The van der Waals surface area contributed by atoms with Crippen LogP contribution in [-0.2, 0) is 6.54 Å². The summed E-state index contributed by atoms with van der Waals surface area (Å²) in [5.74, 6) is 0. The van der Waals surface area contributed by atoms with Crippen LogP contribution in [0.25, 0.3) is 0 Å². The third kappa shape index (κ3) is 1.61. The monoisotopic (exact) mass is 206 g/mol. The highest BCUT2D eigenvalue weighted by Crippen LogP contribution is 2.14. The Morgan fingerprint density at radius 1 is 1.64 bits per heavy atom. The van der Waals surface area contributed by atoms with E-state index in [4.69, 9.17) is 0 Å². The van der Waals surface area contributed by atoms with E-state index in [2.05, 4.69) is 4.98 Å². The number of nitrogens with zero attached hydrogens (tertiary/aromatic N) is 2. The van der Waals surface area contributed by atoms with Gasteiger partial charge in [0.05, 0.1) is 23.4 Å². The number of rotatable bonds is 3. The molecule has 0 saturated heterocycles. The predicted molar refractivity (Wildman–Crippen MR) is 55.8 cm³/mol. The average Bonchev–Trinajstić information content (AvgIpc) is 2.77. The summed E-state index contributed by atoms with van der Waals surface area (Å²) in [5, 5.41) is 0. The Hall–Kier alpha value is -1.42. The summed E-state index contributed by atoms with van der Waals surface area (Å²) >= 11 is 1.62. The maximum absolute atomic E-state index is 10.7. The lowest BCUT2D eigenvalue weighted by atomic mass is 10.4. The van der Waals surface area contributed by atoms with Gasteiger partial charge in [-0.3, -0.25) is 4.79 Å². The lowest BCUT2D eigenvalue weighted by Crippen LogP contribution is -2.01. The van der Waals surface area contributed by atoms with Crippen molar-refractivity contribution in [2.75, 3.05) is 0 Å². The molecule has 72 valence electrons. The SMILES string of the molecule is Cc1ncsc1Cn1cccc1C=O. The van der Waals surface area contributed by atoms with Crippen LogP contribution in [0.4, 0.5) is 0 Å². The minimum Gasteiger partial charge on any atom is -0.340 e. The lowest BCUT2D eigenvalue weighted by molar-refractivity contribution is 0.111. The second kappa shape index (κ2) is 3.75. The molecular weight excluding hydrogens is 196 g/mol. The molecule has 0 bridgehead atoms. The molecule has 0 aliphatic rings. The predicted octanol–water partition coefficient (Wildman–Crippen LogP) is 2.11. The van der Waals surface area contributed by atoms with Crippen molar-refractivity contribution in [1.29, 1.82) is 0 Å². The highest BCUT2D eigenvalue weighted by molar-refractivity contribution is 7.09. The molecule has 2 aromatic rings. The normalized spacial score (nSPS) is 10.4. The summed E-state index contributed by atoms with van der Waals surface area (Å²) in [5.41, 5.74) is 3.58. The molecule has 0 atom stereocenters. The van der Waals surface area contributed by atoms with Crippen molar-refractivity contribution >= 4 is 17.6 Å². The lowest BCUT2D eigenvalue weighted by Gasteiger charge is -2.03. The number of carbonyl (C=O) groups is 1. The molecule has 0 fully saturated rings. The zero-order valence-corrected chi connectivity index (χ0v) is 8.62. The second-order valence-corrected chi connectivity index (χ2v) is 3.98. The van der Waals surface area contributed by atoms with E-state index in [1.54, 1.807) is 11.3 Å².